The fraction of sp³-hybridized carbons (Fsp3) is 0.0333. The molecule has 1 aliphatic carbocycles. The lowest BCUT2D eigenvalue weighted by molar-refractivity contribution is 0.820. The lowest BCUT2D eigenvalue weighted by atomic mass is 9.90. The summed E-state index contributed by atoms with van der Waals surface area (Å²) in [4.78, 5) is 2.56. The highest BCUT2D eigenvalue weighted by Crippen LogP contribution is 2.56. The second-order valence-corrected chi connectivity index (χ2v) is 17.8. The predicted molar refractivity (Wildman–Crippen MR) is 269 cm³/mol. The van der Waals surface area contributed by atoms with Gasteiger partial charge in [-0.05, 0) is 87.8 Å². The molecule has 1 atom stereocenters. The minimum Gasteiger partial charge on any atom is -0.312 e. The van der Waals surface area contributed by atoms with Crippen molar-refractivity contribution in [1.29, 1.82) is 0 Å². The molecule has 3 heterocycles. The molecule has 1 unspecified atom stereocenters. The highest BCUT2D eigenvalue weighted by Gasteiger charge is 2.37. The van der Waals surface area contributed by atoms with Crippen LogP contribution in [0.1, 0.15) is 17.9 Å². The molecule has 2 aromatic heterocycles. The Bertz CT molecular complexity index is 3640. The number of thiophene rings is 1. The molecule has 11 aromatic rings. The first-order chi connectivity index (χ1) is 31.3. The lowest BCUT2D eigenvalue weighted by Gasteiger charge is -2.28. The molecular weight excluding hydrogens is 781 g/mol. The Morgan fingerprint density at radius 2 is 1.10 bits per heavy atom. The second-order valence-electron chi connectivity index (χ2n) is 16.7. The number of nitrogens with zero attached hydrogens (tertiary/aromatic N) is 2. The average molecular weight is 821 g/mol. The summed E-state index contributed by atoms with van der Waals surface area (Å²) in [6.07, 6.45) is 7.87. The van der Waals surface area contributed by atoms with Crippen molar-refractivity contribution in [2.24, 2.45) is 0 Å². The first kappa shape index (κ1) is 36.0. The van der Waals surface area contributed by atoms with Crippen molar-refractivity contribution in [2.75, 3.05) is 4.90 Å². The smallest absolute Gasteiger partial charge is 0.0641 e. The van der Waals surface area contributed by atoms with E-state index in [1.165, 1.54) is 115 Å². The monoisotopic (exact) mass is 820 g/mol. The summed E-state index contributed by atoms with van der Waals surface area (Å²) in [6, 6.07) is 76.1. The number of allylic oxidation sites excluding steroid dienone is 4. The van der Waals surface area contributed by atoms with Gasteiger partial charge in [-0.1, -0.05) is 182 Å². The summed E-state index contributed by atoms with van der Waals surface area (Å²) < 4.78 is 5.11. The van der Waals surface area contributed by atoms with Crippen LogP contribution in [0.15, 0.2) is 230 Å². The molecule has 0 bridgehead atoms. The van der Waals surface area contributed by atoms with E-state index < -0.39 is 0 Å². The average Bonchev–Trinajstić information content (AvgIpc) is 4.03. The van der Waals surface area contributed by atoms with Gasteiger partial charge in [-0.15, -0.1) is 11.3 Å². The molecule has 2 nitrogen and oxygen atoms in total. The highest BCUT2D eigenvalue weighted by atomic mass is 32.1. The van der Waals surface area contributed by atoms with Gasteiger partial charge < -0.3 is 9.47 Å². The van der Waals surface area contributed by atoms with Gasteiger partial charge in [0, 0.05) is 49.0 Å². The van der Waals surface area contributed by atoms with Crippen LogP contribution >= 0.6 is 11.3 Å². The molecule has 0 N–H and O–H groups in total. The van der Waals surface area contributed by atoms with E-state index in [-0.39, 0.29) is 0 Å². The van der Waals surface area contributed by atoms with E-state index in [0.717, 1.165) is 6.42 Å². The first-order valence-electron chi connectivity index (χ1n) is 21.9. The Kier molecular flexibility index (Phi) is 8.25. The van der Waals surface area contributed by atoms with Gasteiger partial charge >= 0.3 is 0 Å². The number of hydrogen-bond acceptors (Lipinski definition) is 2. The van der Waals surface area contributed by atoms with E-state index in [2.05, 4.69) is 234 Å². The van der Waals surface area contributed by atoms with Crippen molar-refractivity contribution in [1.82, 2.24) is 4.57 Å². The molecule has 0 spiro atoms. The summed E-state index contributed by atoms with van der Waals surface area (Å²) in [6.45, 7) is 0. The van der Waals surface area contributed by atoms with Gasteiger partial charge in [0.15, 0.2) is 0 Å². The van der Waals surface area contributed by atoms with Crippen LogP contribution in [0.25, 0.3) is 92.2 Å². The molecule has 1 aliphatic heterocycles. The molecule has 2 aliphatic rings. The maximum absolute atomic E-state index is 2.56. The summed E-state index contributed by atoms with van der Waals surface area (Å²) in [5, 5.41) is 5.11. The Labute approximate surface area is 370 Å². The van der Waals surface area contributed by atoms with Crippen LogP contribution in [0.3, 0.4) is 0 Å². The molecule has 13 rings (SSSR count). The Hall–Kier alpha value is -7.72. The third-order valence-electron chi connectivity index (χ3n) is 13.3. The molecule has 9 aromatic carbocycles. The van der Waals surface area contributed by atoms with E-state index in [0.29, 0.717) is 5.92 Å². The van der Waals surface area contributed by atoms with E-state index >= 15 is 0 Å². The molecule has 3 heteroatoms. The summed E-state index contributed by atoms with van der Waals surface area (Å²) >= 11 is 1.90. The number of benzene rings is 9. The van der Waals surface area contributed by atoms with Crippen molar-refractivity contribution < 1.29 is 0 Å². The number of aromatic nitrogens is 1. The van der Waals surface area contributed by atoms with E-state index in [4.69, 9.17) is 0 Å². The van der Waals surface area contributed by atoms with Gasteiger partial charge in [0.05, 0.1) is 32.8 Å². The molecular formula is C60H40N2S. The summed E-state index contributed by atoms with van der Waals surface area (Å²) in [7, 11) is 0. The van der Waals surface area contributed by atoms with Crippen molar-refractivity contribution >= 4 is 64.7 Å². The fourth-order valence-electron chi connectivity index (χ4n) is 10.5. The molecule has 63 heavy (non-hydrogen) atoms. The van der Waals surface area contributed by atoms with E-state index in [1.54, 1.807) is 0 Å². The van der Waals surface area contributed by atoms with Crippen LogP contribution in [0.4, 0.5) is 11.4 Å². The molecule has 0 fully saturated rings. The zero-order valence-corrected chi connectivity index (χ0v) is 35.3. The maximum Gasteiger partial charge on any atom is 0.0641 e. The van der Waals surface area contributed by atoms with Crippen LogP contribution in [0, 0.1) is 0 Å². The largest absolute Gasteiger partial charge is 0.312 e. The Morgan fingerprint density at radius 3 is 1.95 bits per heavy atom. The number of para-hydroxylation sites is 3. The third-order valence-corrected chi connectivity index (χ3v) is 14.5. The van der Waals surface area contributed by atoms with Gasteiger partial charge in [-0.25, -0.2) is 0 Å². The van der Waals surface area contributed by atoms with Gasteiger partial charge in [-0.3, -0.25) is 0 Å². The van der Waals surface area contributed by atoms with Gasteiger partial charge in [0.25, 0.3) is 0 Å². The summed E-state index contributed by atoms with van der Waals surface area (Å²) in [5.74, 6) is 0.299. The zero-order chi connectivity index (χ0) is 41.4. The topological polar surface area (TPSA) is 8.17 Å². The standard InChI is InChI=1S/C60H40N2S/c1-3-16-39(17-4-1)40-30-32-42(33-31-40)45-35-37-56(60-58(45)50-23-10-14-29-57(50)63-60)61-53-27-12-9-22-48(53)51-38-43(34-36-55(51)61)46-24-15-25-49-47-21-8-13-28-54(47)62(59(46)49)52-26-11-7-20-44(52)41-18-5-2-6-19-41/h1-20,22-38,47H,21H2. The van der Waals surface area contributed by atoms with E-state index in [9.17, 15) is 0 Å². The third kappa shape index (κ3) is 5.63. The number of rotatable bonds is 6. The van der Waals surface area contributed by atoms with Crippen molar-refractivity contribution in [2.45, 2.75) is 12.3 Å². The second kappa shape index (κ2) is 14.4. The van der Waals surface area contributed by atoms with Crippen molar-refractivity contribution in [3.05, 3.63) is 236 Å². The van der Waals surface area contributed by atoms with Crippen LogP contribution in [-0.2, 0) is 0 Å². The summed E-state index contributed by atoms with van der Waals surface area (Å²) in [5.41, 5.74) is 18.7. The first-order valence-corrected chi connectivity index (χ1v) is 22.7. The van der Waals surface area contributed by atoms with E-state index in [1.807, 2.05) is 11.3 Å². The number of anilines is 2. The zero-order valence-electron chi connectivity index (χ0n) is 34.4. The van der Waals surface area contributed by atoms with Gasteiger partial charge in [-0.2, -0.15) is 0 Å². The number of fused-ring (bicyclic) bond motifs is 9. The predicted octanol–water partition coefficient (Wildman–Crippen LogP) is 16.9. The minimum absolute atomic E-state index is 0.299. The Morgan fingerprint density at radius 1 is 0.444 bits per heavy atom. The number of hydrogen-bond donors (Lipinski definition) is 0. The van der Waals surface area contributed by atoms with Crippen LogP contribution in [0.2, 0.25) is 0 Å². The molecule has 0 radical (unpaired) electrons. The van der Waals surface area contributed by atoms with Gasteiger partial charge in [0.1, 0.15) is 0 Å². The quantitative estimate of drug-likeness (QED) is 0.162. The molecule has 0 saturated heterocycles. The van der Waals surface area contributed by atoms with Crippen molar-refractivity contribution in [3.63, 3.8) is 0 Å². The highest BCUT2D eigenvalue weighted by molar-refractivity contribution is 7.26. The minimum atomic E-state index is 0.299. The van der Waals surface area contributed by atoms with Crippen LogP contribution < -0.4 is 4.90 Å². The molecule has 0 amide bonds. The van der Waals surface area contributed by atoms with Crippen LogP contribution in [-0.4, -0.2) is 4.57 Å². The normalized spacial score (nSPS) is 14.4. The maximum atomic E-state index is 2.56. The van der Waals surface area contributed by atoms with Crippen molar-refractivity contribution in [3.8, 4) is 50.2 Å². The Balaban J connectivity index is 0.995. The lowest BCUT2D eigenvalue weighted by Crippen LogP contribution is -2.16. The molecule has 0 saturated carbocycles. The van der Waals surface area contributed by atoms with Gasteiger partial charge in [0.2, 0.25) is 0 Å². The SMILES string of the molecule is C1=CCC2C(=C1)N(c1ccccc1-c1ccccc1)c1c(-c3ccc4c(c3)c3ccccc3n4-c3ccc(-c4ccc(-c5ccccc5)cc4)c4c3sc3ccccc34)cccc12. The van der Waals surface area contributed by atoms with Crippen LogP contribution in [0.5, 0.6) is 0 Å². The molecule has 296 valence electrons. The fourth-order valence-corrected chi connectivity index (χ4v) is 11.7.